The van der Waals surface area contributed by atoms with Crippen molar-refractivity contribution in [1.29, 1.82) is 0 Å². The Morgan fingerprint density at radius 2 is 1.81 bits per heavy atom. The Labute approximate surface area is 192 Å². The molecule has 2 aliphatic heterocycles. The molecule has 2 aliphatic rings. The van der Waals surface area contributed by atoms with Gasteiger partial charge in [0.15, 0.2) is 5.78 Å². The number of ketones is 1. The zero-order valence-electron chi connectivity index (χ0n) is 18.0. The number of benzene rings is 2. The summed E-state index contributed by atoms with van der Waals surface area (Å²) >= 11 is 5.99. The standard InChI is InChI=1S/C25H27ClN2O4/c26-21-5-3-4-17(14-21)9-12-27(25(31)32)11-2-1-6-22(29)20-15-18-7-8-23(30)28-13-10-19(16-20)24(18)28/h3-5,14-16H,1-2,6-13H2,(H,31,32). The number of nitrogens with zero attached hydrogens (tertiary/aromatic N) is 2. The molecule has 2 aromatic rings. The Balaban J connectivity index is 1.28. The summed E-state index contributed by atoms with van der Waals surface area (Å²) in [7, 11) is 0. The van der Waals surface area contributed by atoms with E-state index in [1.807, 2.05) is 35.2 Å². The minimum absolute atomic E-state index is 0.0835. The van der Waals surface area contributed by atoms with Crippen molar-refractivity contribution in [3.63, 3.8) is 0 Å². The molecule has 2 heterocycles. The number of carbonyl (C=O) groups is 3. The third-order valence-corrected chi connectivity index (χ3v) is 6.52. The predicted molar refractivity (Wildman–Crippen MR) is 124 cm³/mol. The average molecular weight is 455 g/mol. The molecule has 4 rings (SSSR count). The SMILES string of the molecule is O=C(CCCCN(CCc1cccc(Cl)c1)C(=O)O)c1cc2c3c(c1)CCN3C(=O)CC2. The van der Waals surface area contributed by atoms with Gasteiger partial charge in [-0.25, -0.2) is 4.79 Å². The van der Waals surface area contributed by atoms with Gasteiger partial charge in [0.25, 0.3) is 0 Å². The summed E-state index contributed by atoms with van der Waals surface area (Å²) in [6, 6.07) is 11.3. The van der Waals surface area contributed by atoms with Gasteiger partial charge in [-0.05, 0) is 73.1 Å². The molecule has 0 saturated carbocycles. The summed E-state index contributed by atoms with van der Waals surface area (Å²) in [5, 5.41) is 10.1. The Morgan fingerprint density at radius 3 is 2.56 bits per heavy atom. The van der Waals surface area contributed by atoms with Crippen LogP contribution in [-0.2, 0) is 24.1 Å². The number of rotatable bonds is 9. The van der Waals surface area contributed by atoms with Crippen molar-refractivity contribution in [3.8, 4) is 0 Å². The van der Waals surface area contributed by atoms with E-state index >= 15 is 0 Å². The molecule has 0 fully saturated rings. The van der Waals surface area contributed by atoms with Crippen LogP contribution in [-0.4, -0.2) is 47.4 Å². The molecule has 0 radical (unpaired) electrons. The van der Waals surface area contributed by atoms with Crippen LogP contribution in [0.3, 0.4) is 0 Å². The molecule has 2 aromatic carbocycles. The van der Waals surface area contributed by atoms with Crippen LogP contribution in [0.1, 0.15) is 52.7 Å². The summed E-state index contributed by atoms with van der Waals surface area (Å²) in [6.45, 7) is 1.50. The van der Waals surface area contributed by atoms with E-state index in [4.69, 9.17) is 11.6 Å². The van der Waals surface area contributed by atoms with Gasteiger partial charge in [0.2, 0.25) is 5.91 Å². The first-order valence-electron chi connectivity index (χ1n) is 11.1. The fraction of sp³-hybridized carbons (Fsp3) is 0.400. The number of anilines is 1. The lowest BCUT2D eigenvalue weighted by Gasteiger charge is -2.25. The van der Waals surface area contributed by atoms with Crippen LogP contribution < -0.4 is 4.90 Å². The molecule has 32 heavy (non-hydrogen) atoms. The van der Waals surface area contributed by atoms with Crippen LogP contribution >= 0.6 is 11.6 Å². The molecule has 0 spiro atoms. The maximum absolute atomic E-state index is 12.8. The highest BCUT2D eigenvalue weighted by Crippen LogP contribution is 2.37. The molecule has 168 valence electrons. The Kier molecular flexibility index (Phi) is 6.80. The van der Waals surface area contributed by atoms with E-state index in [9.17, 15) is 19.5 Å². The number of aryl methyl sites for hydroxylation is 1. The molecule has 7 heteroatoms. The van der Waals surface area contributed by atoms with Crippen LogP contribution in [0.4, 0.5) is 10.5 Å². The Bertz CT molecular complexity index is 1050. The normalized spacial score (nSPS) is 14.4. The molecule has 0 saturated heterocycles. The summed E-state index contributed by atoms with van der Waals surface area (Å²) in [4.78, 5) is 39.7. The van der Waals surface area contributed by atoms with E-state index in [1.165, 1.54) is 4.90 Å². The molecule has 0 aromatic heterocycles. The summed E-state index contributed by atoms with van der Waals surface area (Å²) < 4.78 is 0. The van der Waals surface area contributed by atoms with Crippen molar-refractivity contribution in [3.05, 3.63) is 63.7 Å². The third kappa shape index (κ3) is 4.96. The summed E-state index contributed by atoms with van der Waals surface area (Å²) in [5.41, 5.74) is 4.93. The molecule has 2 amide bonds. The van der Waals surface area contributed by atoms with E-state index in [2.05, 4.69) is 0 Å². The number of carboxylic acid groups (broad SMARTS) is 1. The number of Topliss-reactive ketones (excluding diaryl/α,β-unsaturated/α-hetero) is 1. The molecular formula is C25H27ClN2O4. The van der Waals surface area contributed by atoms with Crippen molar-refractivity contribution >= 4 is 35.1 Å². The van der Waals surface area contributed by atoms with Crippen molar-refractivity contribution in [2.45, 2.75) is 44.9 Å². The molecule has 0 unspecified atom stereocenters. The maximum atomic E-state index is 12.8. The van der Waals surface area contributed by atoms with E-state index in [1.54, 1.807) is 6.07 Å². The van der Waals surface area contributed by atoms with Gasteiger partial charge in [0.05, 0.1) is 5.69 Å². The van der Waals surface area contributed by atoms with E-state index < -0.39 is 6.09 Å². The van der Waals surface area contributed by atoms with Crippen molar-refractivity contribution in [2.24, 2.45) is 0 Å². The lowest BCUT2D eigenvalue weighted by molar-refractivity contribution is -0.118. The van der Waals surface area contributed by atoms with Gasteiger partial charge in [-0.15, -0.1) is 0 Å². The number of carbonyl (C=O) groups excluding carboxylic acids is 2. The van der Waals surface area contributed by atoms with Crippen LogP contribution in [0.15, 0.2) is 36.4 Å². The summed E-state index contributed by atoms with van der Waals surface area (Å²) in [5.74, 6) is 0.258. The molecule has 6 nitrogen and oxygen atoms in total. The van der Waals surface area contributed by atoms with Gasteiger partial charge in [0, 0.05) is 43.1 Å². The van der Waals surface area contributed by atoms with Gasteiger partial charge >= 0.3 is 6.09 Å². The Morgan fingerprint density at radius 1 is 1.03 bits per heavy atom. The van der Waals surface area contributed by atoms with E-state index in [-0.39, 0.29) is 11.7 Å². The largest absolute Gasteiger partial charge is 0.465 e. The third-order valence-electron chi connectivity index (χ3n) is 6.29. The first-order chi connectivity index (χ1) is 15.4. The topological polar surface area (TPSA) is 77.9 Å². The smallest absolute Gasteiger partial charge is 0.407 e. The van der Waals surface area contributed by atoms with Gasteiger partial charge < -0.3 is 14.9 Å². The van der Waals surface area contributed by atoms with Gasteiger partial charge in [-0.2, -0.15) is 0 Å². The van der Waals surface area contributed by atoms with Crippen molar-refractivity contribution < 1.29 is 19.5 Å². The first kappa shape index (κ1) is 22.3. The fourth-order valence-electron chi connectivity index (χ4n) is 4.61. The summed E-state index contributed by atoms with van der Waals surface area (Å²) in [6.07, 6.45) is 3.31. The quantitative estimate of drug-likeness (QED) is 0.438. The minimum atomic E-state index is -0.949. The van der Waals surface area contributed by atoms with Crippen LogP contribution in [0, 0.1) is 0 Å². The van der Waals surface area contributed by atoms with Crippen LogP contribution in [0.2, 0.25) is 5.02 Å². The van der Waals surface area contributed by atoms with Gasteiger partial charge in [0.1, 0.15) is 0 Å². The predicted octanol–water partition coefficient (Wildman–Crippen LogP) is 4.75. The number of unbranched alkanes of at least 4 members (excludes halogenated alkanes) is 1. The molecular weight excluding hydrogens is 428 g/mol. The number of halogens is 1. The Hall–Kier alpha value is -2.86. The zero-order valence-corrected chi connectivity index (χ0v) is 18.7. The highest BCUT2D eigenvalue weighted by molar-refractivity contribution is 6.30. The highest BCUT2D eigenvalue weighted by Gasteiger charge is 2.31. The lowest BCUT2D eigenvalue weighted by atomic mass is 9.94. The fourth-order valence-corrected chi connectivity index (χ4v) is 4.82. The van der Waals surface area contributed by atoms with Gasteiger partial charge in [-0.3, -0.25) is 9.59 Å². The van der Waals surface area contributed by atoms with E-state index in [0.29, 0.717) is 68.7 Å². The lowest BCUT2D eigenvalue weighted by Crippen LogP contribution is -2.33. The minimum Gasteiger partial charge on any atom is -0.465 e. The van der Waals surface area contributed by atoms with Crippen LogP contribution in [0.25, 0.3) is 0 Å². The monoisotopic (exact) mass is 454 g/mol. The molecule has 0 atom stereocenters. The number of hydrogen-bond donors (Lipinski definition) is 1. The number of hydrogen-bond acceptors (Lipinski definition) is 3. The average Bonchev–Trinajstić information content (AvgIpc) is 3.20. The molecule has 1 N–H and O–H groups in total. The van der Waals surface area contributed by atoms with Crippen LogP contribution in [0.5, 0.6) is 0 Å². The maximum Gasteiger partial charge on any atom is 0.407 e. The second-order valence-electron chi connectivity index (χ2n) is 8.47. The second-order valence-corrected chi connectivity index (χ2v) is 8.90. The molecule has 0 aliphatic carbocycles. The zero-order chi connectivity index (χ0) is 22.7. The molecule has 0 bridgehead atoms. The van der Waals surface area contributed by atoms with Crippen molar-refractivity contribution in [1.82, 2.24) is 4.90 Å². The van der Waals surface area contributed by atoms with Crippen molar-refractivity contribution in [2.75, 3.05) is 24.5 Å². The second kappa shape index (κ2) is 9.74. The first-order valence-corrected chi connectivity index (χ1v) is 11.5. The van der Waals surface area contributed by atoms with E-state index in [0.717, 1.165) is 28.8 Å². The van der Waals surface area contributed by atoms with Gasteiger partial charge in [-0.1, -0.05) is 23.7 Å². The number of amides is 2. The highest BCUT2D eigenvalue weighted by atomic mass is 35.5.